The van der Waals surface area contributed by atoms with Gasteiger partial charge in [-0.1, -0.05) is 30.4 Å². The third kappa shape index (κ3) is 3.10. The van der Waals surface area contributed by atoms with E-state index in [0.29, 0.717) is 12.5 Å². The monoisotopic (exact) mass is 406 g/mol. The zero-order valence-corrected chi connectivity index (χ0v) is 18.0. The van der Waals surface area contributed by atoms with Gasteiger partial charge >= 0.3 is 6.09 Å². The van der Waals surface area contributed by atoms with E-state index in [1.807, 2.05) is 45.0 Å². The number of ether oxygens (including phenoxy) is 1. The zero-order chi connectivity index (χ0) is 20.9. The number of rotatable bonds is 2. The Kier molecular flexibility index (Phi) is 4.60. The number of benzene rings is 1. The maximum absolute atomic E-state index is 13.1. The summed E-state index contributed by atoms with van der Waals surface area (Å²) in [6.45, 7) is 8.14. The Bertz CT molecular complexity index is 1050. The lowest BCUT2D eigenvalue weighted by Crippen LogP contribution is -2.61. The molecule has 5 rings (SSSR count). The number of aromatic nitrogens is 2. The van der Waals surface area contributed by atoms with Crippen molar-refractivity contribution in [3.8, 4) is 0 Å². The second kappa shape index (κ2) is 7.06. The van der Waals surface area contributed by atoms with Crippen LogP contribution < -0.4 is 5.32 Å². The smallest absolute Gasteiger partial charge is 0.420 e. The van der Waals surface area contributed by atoms with Crippen molar-refractivity contribution in [2.24, 2.45) is 5.92 Å². The Labute approximate surface area is 177 Å². The summed E-state index contributed by atoms with van der Waals surface area (Å²) >= 11 is 0. The highest BCUT2D eigenvalue weighted by molar-refractivity contribution is 5.87. The number of likely N-dealkylation sites (tertiary alicyclic amines) is 1. The molecule has 1 saturated heterocycles. The van der Waals surface area contributed by atoms with Crippen LogP contribution in [0.2, 0.25) is 0 Å². The number of nitrogens with one attached hydrogen (secondary N) is 1. The maximum Gasteiger partial charge on any atom is 0.420 e. The van der Waals surface area contributed by atoms with Crippen LogP contribution in [0.5, 0.6) is 0 Å². The van der Waals surface area contributed by atoms with Gasteiger partial charge in [-0.25, -0.2) is 14.3 Å². The van der Waals surface area contributed by atoms with Gasteiger partial charge < -0.3 is 4.74 Å². The molecular weight excluding hydrogens is 376 g/mol. The number of para-hydroxylation sites is 2. The number of hydrogen-bond donors (Lipinski definition) is 1. The second-order valence-electron chi connectivity index (χ2n) is 9.53. The van der Waals surface area contributed by atoms with E-state index in [-0.39, 0.29) is 11.8 Å². The average Bonchev–Trinajstić information content (AvgIpc) is 3.24. The van der Waals surface area contributed by atoms with Gasteiger partial charge in [0.2, 0.25) is 0 Å². The summed E-state index contributed by atoms with van der Waals surface area (Å²) in [4.78, 5) is 20.5. The summed E-state index contributed by atoms with van der Waals surface area (Å²) in [6.07, 6.45) is 9.97. The van der Waals surface area contributed by atoms with Crippen LogP contribution in [0.1, 0.15) is 45.9 Å². The lowest BCUT2D eigenvalue weighted by Gasteiger charge is -2.48. The first-order valence-electron chi connectivity index (χ1n) is 11.0. The predicted molar refractivity (Wildman–Crippen MR) is 117 cm³/mol. The molecule has 0 radical (unpaired) electrons. The van der Waals surface area contributed by atoms with Gasteiger partial charge in [0.05, 0.1) is 17.6 Å². The molecule has 6 heteroatoms. The second-order valence-corrected chi connectivity index (χ2v) is 9.53. The van der Waals surface area contributed by atoms with E-state index in [4.69, 9.17) is 9.72 Å². The first-order valence-corrected chi connectivity index (χ1v) is 11.0. The topological polar surface area (TPSA) is 59.4 Å². The van der Waals surface area contributed by atoms with Crippen molar-refractivity contribution in [3.05, 3.63) is 53.9 Å². The van der Waals surface area contributed by atoms with Gasteiger partial charge in [0, 0.05) is 13.1 Å². The summed E-state index contributed by atoms with van der Waals surface area (Å²) in [5.74, 6) is 1.32. The van der Waals surface area contributed by atoms with E-state index in [1.165, 1.54) is 12.0 Å². The van der Waals surface area contributed by atoms with Crippen LogP contribution in [0.3, 0.4) is 0 Å². The molecule has 1 aromatic carbocycles. The van der Waals surface area contributed by atoms with E-state index < -0.39 is 5.60 Å². The highest BCUT2D eigenvalue weighted by atomic mass is 16.6. The summed E-state index contributed by atoms with van der Waals surface area (Å²) in [5, 5.41) is 3.81. The number of imidazole rings is 1. The van der Waals surface area contributed by atoms with Crippen LogP contribution in [-0.4, -0.2) is 44.9 Å². The van der Waals surface area contributed by atoms with E-state index in [0.717, 1.165) is 42.8 Å². The Balaban J connectivity index is 1.55. The Morgan fingerprint density at radius 2 is 2.13 bits per heavy atom. The van der Waals surface area contributed by atoms with Gasteiger partial charge in [-0.15, -0.1) is 0 Å². The highest BCUT2D eigenvalue weighted by Gasteiger charge is 2.52. The fraction of sp³-hybridized carbons (Fsp3) is 0.500. The van der Waals surface area contributed by atoms with Gasteiger partial charge in [0.15, 0.2) is 0 Å². The van der Waals surface area contributed by atoms with Crippen molar-refractivity contribution in [2.45, 2.75) is 57.8 Å². The number of allylic oxidation sites excluding steroid dienone is 1. The first-order chi connectivity index (χ1) is 14.4. The van der Waals surface area contributed by atoms with Crippen LogP contribution >= 0.6 is 0 Å². The van der Waals surface area contributed by atoms with Crippen LogP contribution in [0, 0.1) is 5.92 Å². The van der Waals surface area contributed by atoms with Crippen molar-refractivity contribution >= 4 is 17.1 Å². The third-order valence-electron chi connectivity index (χ3n) is 6.48. The summed E-state index contributed by atoms with van der Waals surface area (Å²) in [6, 6.07) is 7.79. The number of nitrogens with zero attached hydrogens (tertiary/aromatic N) is 3. The molecule has 0 amide bonds. The fourth-order valence-electron chi connectivity index (χ4n) is 5.34. The summed E-state index contributed by atoms with van der Waals surface area (Å²) < 4.78 is 7.40. The standard InChI is InChI=1S/C24H30N4O2/c1-23(2,3)30-22(29)28-20-12-5-4-11-19(20)26-21(28)16-27-15-13-18-9-6-8-17-10-7-14-25-24(17,18)27/h4-5,7-8,10-12,18,25H,6,9,13-16H2,1-3H3. The molecule has 2 aliphatic heterocycles. The highest BCUT2D eigenvalue weighted by Crippen LogP contribution is 2.46. The molecule has 1 aromatic heterocycles. The Hall–Kier alpha value is -2.44. The minimum atomic E-state index is -0.563. The molecule has 0 saturated carbocycles. The van der Waals surface area contributed by atoms with Crippen molar-refractivity contribution in [1.82, 2.24) is 19.8 Å². The molecule has 1 aliphatic carbocycles. The summed E-state index contributed by atoms with van der Waals surface area (Å²) in [7, 11) is 0. The molecule has 1 fully saturated rings. The molecule has 158 valence electrons. The van der Waals surface area contributed by atoms with Crippen LogP contribution in [-0.2, 0) is 11.3 Å². The van der Waals surface area contributed by atoms with Gasteiger partial charge in [-0.2, -0.15) is 0 Å². The molecule has 1 spiro atoms. The number of fused-ring (bicyclic) bond motifs is 1. The van der Waals surface area contributed by atoms with Gasteiger partial charge in [-0.05, 0) is 63.7 Å². The normalized spacial score (nSPS) is 26.4. The molecule has 2 unspecified atom stereocenters. The predicted octanol–water partition coefficient (Wildman–Crippen LogP) is 4.22. The molecular formula is C24H30N4O2. The van der Waals surface area contributed by atoms with Crippen molar-refractivity contribution in [3.63, 3.8) is 0 Å². The number of carbonyl (C=O) groups is 1. The summed E-state index contributed by atoms with van der Waals surface area (Å²) in [5.41, 5.74) is 2.27. The number of carbonyl (C=O) groups excluding carboxylic acids is 1. The minimum Gasteiger partial charge on any atom is -0.443 e. The van der Waals surface area contributed by atoms with Gasteiger partial charge in [0.25, 0.3) is 0 Å². The van der Waals surface area contributed by atoms with Gasteiger partial charge in [0.1, 0.15) is 17.1 Å². The number of hydrogen-bond acceptors (Lipinski definition) is 5. The molecule has 1 N–H and O–H groups in total. The van der Waals surface area contributed by atoms with E-state index in [9.17, 15) is 4.79 Å². The molecule has 6 nitrogen and oxygen atoms in total. The lowest BCUT2D eigenvalue weighted by atomic mass is 9.77. The molecule has 3 aliphatic rings. The Morgan fingerprint density at radius 3 is 2.97 bits per heavy atom. The van der Waals surface area contributed by atoms with E-state index in [2.05, 4.69) is 28.4 Å². The molecule has 2 aromatic rings. The zero-order valence-electron chi connectivity index (χ0n) is 18.0. The van der Waals surface area contributed by atoms with Crippen LogP contribution in [0.15, 0.2) is 48.1 Å². The Morgan fingerprint density at radius 1 is 1.30 bits per heavy atom. The average molecular weight is 407 g/mol. The van der Waals surface area contributed by atoms with Crippen molar-refractivity contribution in [1.29, 1.82) is 0 Å². The van der Waals surface area contributed by atoms with Gasteiger partial charge in [-0.3, -0.25) is 10.2 Å². The molecule has 2 atom stereocenters. The molecule has 0 bridgehead atoms. The largest absolute Gasteiger partial charge is 0.443 e. The minimum absolute atomic E-state index is 0.149. The quantitative estimate of drug-likeness (QED) is 0.809. The van der Waals surface area contributed by atoms with Crippen molar-refractivity contribution in [2.75, 3.05) is 13.1 Å². The first kappa shape index (κ1) is 19.5. The van der Waals surface area contributed by atoms with E-state index in [1.54, 1.807) is 4.57 Å². The molecule has 3 heterocycles. The third-order valence-corrected chi connectivity index (χ3v) is 6.48. The SMILES string of the molecule is CC(C)(C)OC(=O)n1c(CN2CCC3CCC=C4C=CCNC432)nc2ccccc21. The van der Waals surface area contributed by atoms with E-state index >= 15 is 0 Å². The van der Waals surface area contributed by atoms with Crippen LogP contribution in [0.4, 0.5) is 4.79 Å². The maximum atomic E-state index is 13.1. The van der Waals surface area contributed by atoms with Crippen LogP contribution in [0.25, 0.3) is 11.0 Å². The lowest BCUT2D eigenvalue weighted by molar-refractivity contribution is 0.0516. The molecule has 30 heavy (non-hydrogen) atoms. The fourth-order valence-corrected chi connectivity index (χ4v) is 5.34. The van der Waals surface area contributed by atoms with Crippen molar-refractivity contribution < 1.29 is 9.53 Å².